The quantitative estimate of drug-likeness (QED) is 0.725. The highest BCUT2D eigenvalue weighted by Crippen LogP contribution is 2.32. The Bertz CT molecular complexity index is 795. The first-order valence-corrected chi connectivity index (χ1v) is 9.85. The molecule has 3 amide bonds. The Labute approximate surface area is 162 Å². The molecule has 2 aromatic rings. The lowest BCUT2D eigenvalue weighted by Crippen LogP contribution is -2.45. The van der Waals surface area contributed by atoms with Gasteiger partial charge < -0.3 is 5.32 Å². The van der Waals surface area contributed by atoms with Crippen molar-refractivity contribution in [1.29, 1.82) is 0 Å². The van der Waals surface area contributed by atoms with Gasteiger partial charge in [-0.05, 0) is 30.7 Å². The molecule has 3 rings (SSSR count). The molecule has 1 saturated heterocycles. The molecule has 1 aromatic carbocycles. The van der Waals surface area contributed by atoms with Crippen LogP contribution in [0.25, 0.3) is 0 Å². The third-order valence-corrected chi connectivity index (χ3v) is 5.99. The molecule has 0 saturated carbocycles. The molecule has 26 heavy (non-hydrogen) atoms. The minimum absolute atomic E-state index is 0.195. The summed E-state index contributed by atoms with van der Waals surface area (Å²) in [6.07, 6.45) is 0.505. The third-order valence-electron chi connectivity index (χ3n) is 4.77. The number of hydrogen-bond acceptors (Lipinski definition) is 4. The number of amides is 3. The summed E-state index contributed by atoms with van der Waals surface area (Å²) in [6.45, 7) is 5.55. The first kappa shape index (κ1) is 18.9. The van der Waals surface area contributed by atoms with Crippen molar-refractivity contribution >= 4 is 34.9 Å². The molecule has 1 N–H and O–H groups in total. The van der Waals surface area contributed by atoms with Crippen LogP contribution in [0.3, 0.4) is 0 Å². The Morgan fingerprint density at radius 2 is 1.88 bits per heavy atom. The minimum atomic E-state index is -0.982. The molecule has 7 heteroatoms. The Morgan fingerprint density at radius 3 is 2.46 bits per heavy atom. The van der Waals surface area contributed by atoms with Crippen LogP contribution in [0.1, 0.15) is 30.7 Å². The molecular formula is C19H22ClN3O2S. The number of thiophene rings is 1. The van der Waals surface area contributed by atoms with Crippen LogP contribution in [0.4, 0.5) is 4.79 Å². The molecule has 138 valence electrons. The van der Waals surface area contributed by atoms with E-state index >= 15 is 0 Å². The normalized spacial score (nSPS) is 20.1. The summed E-state index contributed by atoms with van der Waals surface area (Å²) in [5, 5.41) is 2.92. The molecule has 5 nitrogen and oxygen atoms in total. The summed E-state index contributed by atoms with van der Waals surface area (Å²) >= 11 is 7.51. The van der Waals surface area contributed by atoms with Crippen molar-refractivity contribution in [3.63, 3.8) is 0 Å². The van der Waals surface area contributed by atoms with Gasteiger partial charge in [0.25, 0.3) is 5.91 Å². The Balaban J connectivity index is 1.79. The van der Waals surface area contributed by atoms with E-state index in [0.29, 0.717) is 13.0 Å². The van der Waals surface area contributed by atoms with E-state index in [9.17, 15) is 9.59 Å². The van der Waals surface area contributed by atoms with Gasteiger partial charge in [-0.1, -0.05) is 55.8 Å². The molecule has 0 spiro atoms. The maximum absolute atomic E-state index is 13.2. The number of nitrogens with one attached hydrogen (secondary N) is 1. The number of nitrogens with zero attached hydrogens (tertiary/aromatic N) is 2. The summed E-state index contributed by atoms with van der Waals surface area (Å²) in [7, 11) is 0. The summed E-state index contributed by atoms with van der Waals surface area (Å²) in [4.78, 5) is 30.2. The van der Waals surface area contributed by atoms with E-state index in [0.717, 1.165) is 21.3 Å². The highest BCUT2D eigenvalue weighted by atomic mass is 35.5. The van der Waals surface area contributed by atoms with Crippen LogP contribution in [-0.2, 0) is 16.9 Å². The maximum Gasteiger partial charge on any atom is 0.326 e. The molecule has 1 atom stereocenters. The highest BCUT2D eigenvalue weighted by Gasteiger charge is 2.51. The number of urea groups is 1. The van der Waals surface area contributed by atoms with E-state index < -0.39 is 5.54 Å². The van der Waals surface area contributed by atoms with Gasteiger partial charge in [0.1, 0.15) is 5.54 Å². The summed E-state index contributed by atoms with van der Waals surface area (Å²) in [6, 6.07) is 12.9. The van der Waals surface area contributed by atoms with E-state index in [1.54, 1.807) is 0 Å². The smallest absolute Gasteiger partial charge is 0.319 e. The molecule has 0 radical (unpaired) electrons. The molecular weight excluding hydrogens is 370 g/mol. The van der Waals surface area contributed by atoms with Gasteiger partial charge in [0, 0.05) is 11.4 Å². The topological polar surface area (TPSA) is 52.6 Å². The standard InChI is InChI=1S/C19H22ClN3O2S/c1-3-19(14-8-6-5-7-9-14)17(24)23(18(25)21-19)13-22(4-2)12-15-10-11-16(20)26-15/h5-11H,3-4,12-13H2,1-2H3,(H,21,25)/t19-/m0/s1. The van der Waals surface area contributed by atoms with Gasteiger partial charge in [-0.15, -0.1) is 11.3 Å². The molecule has 1 fully saturated rings. The summed E-state index contributed by atoms with van der Waals surface area (Å²) < 4.78 is 0.736. The van der Waals surface area contributed by atoms with Crippen LogP contribution in [-0.4, -0.2) is 35.0 Å². The van der Waals surface area contributed by atoms with E-state index in [-0.39, 0.29) is 18.6 Å². The largest absolute Gasteiger partial charge is 0.326 e. The Kier molecular flexibility index (Phi) is 5.65. The van der Waals surface area contributed by atoms with Gasteiger partial charge in [0.2, 0.25) is 0 Å². The van der Waals surface area contributed by atoms with Crippen LogP contribution < -0.4 is 5.32 Å². The lowest BCUT2D eigenvalue weighted by molar-refractivity contribution is -0.133. The number of halogens is 1. The number of hydrogen-bond donors (Lipinski definition) is 1. The van der Waals surface area contributed by atoms with E-state index in [2.05, 4.69) is 10.2 Å². The van der Waals surface area contributed by atoms with E-state index in [1.807, 2.05) is 56.3 Å². The number of benzene rings is 1. The number of rotatable bonds is 7. The fourth-order valence-corrected chi connectivity index (χ4v) is 4.37. The van der Waals surface area contributed by atoms with Crippen molar-refractivity contribution in [1.82, 2.24) is 15.1 Å². The van der Waals surface area contributed by atoms with E-state index in [4.69, 9.17) is 11.6 Å². The van der Waals surface area contributed by atoms with Crippen molar-refractivity contribution in [2.45, 2.75) is 32.4 Å². The fraction of sp³-hybridized carbons (Fsp3) is 0.368. The molecule has 0 aliphatic carbocycles. The van der Waals surface area contributed by atoms with Crippen molar-refractivity contribution in [3.8, 4) is 0 Å². The monoisotopic (exact) mass is 391 g/mol. The van der Waals surface area contributed by atoms with Crippen molar-refractivity contribution in [2.24, 2.45) is 0 Å². The van der Waals surface area contributed by atoms with Gasteiger partial charge in [0.05, 0.1) is 11.0 Å². The lowest BCUT2D eigenvalue weighted by atomic mass is 9.87. The van der Waals surface area contributed by atoms with Crippen molar-refractivity contribution in [3.05, 3.63) is 57.2 Å². The van der Waals surface area contributed by atoms with Crippen LogP contribution in [0.5, 0.6) is 0 Å². The zero-order valence-electron chi connectivity index (χ0n) is 14.9. The predicted molar refractivity (Wildman–Crippen MR) is 104 cm³/mol. The van der Waals surface area contributed by atoms with Crippen LogP contribution in [0, 0.1) is 0 Å². The molecule has 1 aliphatic rings. The second-order valence-corrected chi connectivity index (χ2v) is 8.08. The first-order valence-electron chi connectivity index (χ1n) is 8.66. The zero-order valence-corrected chi connectivity index (χ0v) is 16.4. The molecule has 1 aromatic heterocycles. The Hall–Kier alpha value is -1.89. The number of carbonyl (C=O) groups is 2. The lowest BCUT2D eigenvalue weighted by Gasteiger charge is -2.27. The average Bonchev–Trinajstić information content (AvgIpc) is 3.17. The average molecular weight is 392 g/mol. The van der Waals surface area contributed by atoms with E-state index in [1.165, 1.54) is 16.2 Å². The second-order valence-electron chi connectivity index (χ2n) is 6.28. The van der Waals surface area contributed by atoms with Gasteiger partial charge in [-0.25, -0.2) is 9.69 Å². The maximum atomic E-state index is 13.2. The molecule has 0 unspecified atom stereocenters. The van der Waals surface area contributed by atoms with Gasteiger partial charge in [-0.2, -0.15) is 0 Å². The summed E-state index contributed by atoms with van der Waals surface area (Å²) in [5.74, 6) is -0.195. The predicted octanol–water partition coefficient (Wildman–Crippen LogP) is 4.04. The minimum Gasteiger partial charge on any atom is -0.319 e. The SMILES string of the molecule is CCN(Cc1ccc(Cl)s1)CN1C(=O)N[C@@](CC)(c2ccccc2)C1=O. The number of carbonyl (C=O) groups excluding carboxylic acids is 2. The number of imide groups is 1. The highest BCUT2D eigenvalue weighted by molar-refractivity contribution is 7.16. The van der Waals surface area contributed by atoms with Crippen molar-refractivity contribution < 1.29 is 9.59 Å². The third kappa shape index (κ3) is 3.49. The fourth-order valence-electron chi connectivity index (χ4n) is 3.24. The molecule has 1 aliphatic heterocycles. The summed E-state index contributed by atoms with van der Waals surface area (Å²) in [5.41, 5.74) is -0.166. The van der Waals surface area contributed by atoms with Crippen molar-refractivity contribution in [2.75, 3.05) is 13.2 Å². The van der Waals surface area contributed by atoms with Gasteiger partial charge in [0.15, 0.2) is 0 Å². The van der Waals surface area contributed by atoms with Crippen LogP contribution >= 0.6 is 22.9 Å². The van der Waals surface area contributed by atoms with Gasteiger partial charge in [-0.3, -0.25) is 9.69 Å². The van der Waals surface area contributed by atoms with Crippen LogP contribution in [0.2, 0.25) is 4.34 Å². The zero-order chi connectivity index (χ0) is 18.7. The van der Waals surface area contributed by atoms with Crippen LogP contribution in [0.15, 0.2) is 42.5 Å². The second kappa shape index (κ2) is 7.78. The Morgan fingerprint density at radius 1 is 1.15 bits per heavy atom. The first-order chi connectivity index (χ1) is 12.5. The molecule has 2 heterocycles. The molecule has 0 bridgehead atoms. The van der Waals surface area contributed by atoms with Gasteiger partial charge >= 0.3 is 6.03 Å².